The molecule has 0 radical (unpaired) electrons. The largest absolute Gasteiger partial charge is 0.454 e. The average Bonchev–Trinajstić information content (AvgIpc) is 3.37. The Morgan fingerprint density at radius 3 is 2.49 bits per heavy atom. The van der Waals surface area contributed by atoms with Gasteiger partial charge < -0.3 is 15.0 Å². The van der Waals surface area contributed by atoms with E-state index in [4.69, 9.17) is 4.74 Å². The lowest BCUT2D eigenvalue weighted by atomic mass is 9.99. The highest BCUT2D eigenvalue weighted by Gasteiger charge is 2.34. The Hall–Kier alpha value is -3.36. The zero-order chi connectivity index (χ0) is 24.2. The molecule has 7 nitrogen and oxygen atoms in total. The fourth-order valence-corrected chi connectivity index (χ4v) is 6.91. The van der Waals surface area contributed by atoms with Crippen LogP contribution >= 0.6 is 0 Å². The molecule has 1 amide bonds. The molecule has 35 heavy (non-hydrogen) atoms. The smallest absolute Gasteiger partial charge is 0.259 e. The molecule has 3 aromatic rings. The standard InChI is InChI=1S/C27H27N3O4S/c1-18-8-9-24-22(14-18)28-27(31)21-15-26(35(32,33)30-11-4-5-12-30)23(16-25(21)34-24)29-13-10-19-6-2-3-7-20(19)17-29/h2-3,6-9,14-16H,4-5,10-13,17H2,1H3,(H,28,31). The van der Waals surface area contributed by atoms with Gasteiger partial charge in [-0.2, -0.15) is 4.31 Å². The second-order valence-corrected chi connectivity index (χ2v) is 11.3. The summed E-state index contributed by atoms with van der Waals surface area (Å²) < 4.78 is 35.4. The molecular weight excluding hydrogens is 462 g/mol. The van der Waals surface area contributed by atoms with Gasteiger partial charge in [0.05, 0.1) is 16.9 Å². The first-order chi connectivity index (χ1) is 16.9. The third-order valence-corrected chi connectivity index (χ3v) is 8.99. The number of amides is 1. The van der Waals surface area contributed by atoms with Crippen LogP contribution in [-0.2, 0) is 23.0 Å². The van der Waals surface area contributed by atoms with Crippen LogP contribution in [0.3, 0.4) is 0 Å². The molecule has 3 aliphatic heterocycles. The van der Waals surface area contributed by atoms with Crippen molar-refractivity contribution in [1.29, 1.82) is 0 Å². The molecule has 0 saturated carbocycles. The summed E-state index contributed by atoms with van der Waals surface area (Å²) in [6.07, 6.45) is 2.50. The Balaban J connectivity index is 1.50. The van der Waals surface area contributed by atoms with Gasteiger partial charge in [0.15, 0.2) is 5.75 Å². The maximum absolute atomic E-state index is 13.8. The predicted molar refractivity (Wildman–Crippen MR) is 135 cm³/mol. The van der Waals surface area contributed by atoms with Crippen LogP contribution in [0, 0.1) is 6.92 Å². The summed E-state index contributed by atoms with van der Waals surface area (Å²) in [6, 6.07) is 17.1. The molecule has 6 rings (SSSR count). The minimum atomic E-state index is -3.78. The number of carbonyl (C=O) groups is 1. The first kappa shape index (κ1) is 22.1. The molecule has 8 heteroatoms. The van der Waals surface area contributed by atoms with Gasteiger partial charge in [-0.25, -0.2) is 8.42 Å². The summed E-state index contributed by atoms with van der Waals surface area (Å²) in [4.78, 5) is 15.5. The summed E-state index contributed by atoms with van der Waals surface area (Å²) in [6.45, 7) is 4.21. The maximum Gasteiger partial charge on any atom is 0.259 e. The zero-order valence-electron chi connectivity index (χ0n) is 19.6. The van der Waals surface area contributed by atoms with Crippen molar-refractivity contribution in [3.63, 3.8) is 0 Å². The van der Waals surface area contributed by atoms with Crippen LogP contribution in [0.1, 0.15) is 39.9 Å². The van der Waals surface area contributed by atoms with Gasteiger partial charge in [0, 0.05) is 32.2 Å². The van der Waals surface area contributed by atoms with Crippen molar-refractivity contribution in [1.82, 2.24) is 4.31 Å². The minimum absolute atomic E-state index is 0.165. The van der Waals surface area contributed by atoms with Crippen LogP contribution in [0.5, 0.6) is 11.5 Å². The molecular formula is C27H27N3O4S. The normalized spacial score (nSPS) is 17.6. The van der Waals surface area contributed by atoms with E-state index in [9.17, 15) is 13.2 Å². The molecule has 3 heterocycles. The van der Waals surface area contributed by atoms with E-state index in [1.807, 2.05) is 37.3 Å². The van der Waals surface area contributed by atoms with Crippen molar-refractivity contribution in [2.45, 2.75) is 37.6 Å². The number of carbonyl (C=O) groups excluding carboxylic acids is 1. The molecule has 0 unspecified atom stereocenters. The summed E-state index contributed by atoms with van der Waals surface area (Å²) >= 11 is 0. The number of nitrogens with zero attached hydrogens (tertiary/aromatic N) is 2. The lowest BCUT2D eigenvalue weighted by molar-refractivity contribution is 0.102. The SMILES string of the molecule is Cc1ccc2c(c1)NC(=O)c1cc(S(=O)(=O)N3CCCC3)c(N3CCc4ccccc4C3)cc1O2. The summed E-state index contributed by atoms with van der Waals surface area (Å²) in [7, 11) is -3.78. The first-order valence-corrected chi connectivity index (χ1v) is 13.4. The van der Waals surface area contributed by atoms with E-state index >= 15 is 0 Å². The van der Waals surface area contributed by atoms with Crippen LogP contribution < -0.4 is 15.0 Å². The van der Waals surface area contributed by atoms with Crippen LogP contribution in [-0.4, -0.2) is 38.3 Å². The number of aryl methyl sites for hydroxylation is 1. The van der Waals surface area contributed by atoms with Gasteiger partial charge >= 0.3 is 0 Å². The molecule has 0 bridgehead atoms. The van der Waals surface area contributed by atoms with E-state index in [0.717, 1.165) is 24.8 Å². The topological polar surface area (TPSA) is 79.0 Å². The molecule has 1 saturated heterocycles. The number of hydrogen-bond donors (Lipinski definition) is 1. The number of nitrogens with one attached hydrogen (secondary N) is 1. The third-order valence-electron chi connectivity index (χ3n) is 7.06. The van der Waals surface area contributed by atoms with E-state index in [-0.39, 0.29) is 16.4 Å². The van der Waals surface area contributed by atoms with E-state index in [0.29, 0.717) is 49.1 Å². The van der Waals surface area contributed by atoms with Crippen LogP contribution in [0.25, 0.3) is 0 Å². The van der Waals surface area contributed by atoms with Crippen LogP contribution in [0.15, 0.2) is 59.5 Å². The average molecular weight is 490 g/mol. The highest BCUT2D eigenvalue weighted by atomic mass is 32.2. The monoisotopic (exact) mass is 489 g/mol. The van der Waals surface area contributed by atoms with Gasteiger partial charge in [-0.3, -0.25) is 4.79 Å². The number of benzene rings is 3. The van der Waals surface area contributed by atoms with Gasteiger partial charge in [0.2, 0.25) is 10.0 Å². The van der Waals surface area contributed by atoms with Crippen LogP contribution in [0.2, 0.25) is 0 Å². The second-order valence-electron chi connectivity index (χ2n) is 9.42. The number of anilines is 2. The van der Waals surface area contributed by atoms with Crippen molar-refractivity contribution in [3.05, 3.63) is 76.9 Å². The Kier molecular flexibility index (Phi) is 5.30. The van der Waals surface area contributed by atoms with Gasteiger partial charge in [-0.05, 0) is 61.1 Å². The Labute approximate surface area is 205 Å². The highest BCUT2D eigenvalue weighted by Crippen LogP contribution is 2.42. The number of hydrogen-bond acceptors (Lipinski definition) is 5. The summed E-state index contributed by atoms with van der Waals surface area (Å²) in [5, 5.41) is 2.89. The van der Waals surface area contributed by atoms with Gasteiger partial charge in [0.1, 0.15) is 10.6 Å². The maximum atomic E-state index is 13.8. The van der Waals surface area contributed by atoms with Crippen LogP contribution in [0.4, 0.5) is 11.4 Å². The predicted octanol–water partition coefficient (Wildman–Crippen LogP) is 4.70. The van der Waals surface area contributed by atoms with Crippen molar-refractivity contribution >= 4 is 27.3 Å². The molecule has 3 aromatic carbocycles. The molecule has 0 spiro atoms. The molecule has 1 fully saturated rings. The van der Waals surface area contributed by atoms with Crippen molar-refractivity contribution < 1.29 is 17.9 Å². The zero-order valence-corrected chi connectivity index (χ0v) is 20.4. The second kappa shape index (κ2) is 8.39. The van der Waals surface area contributed by atoms with E-state index in [2.05, 4.69) is 22.3 Å². The molecule has 0 aromatic heterocycles. The molecule has 180 valence electrons. The highest BCUT2D eigenvalue weighted by molar-refractivity contribution is 7.89. The summed E-state index contributed by atoms with van der Waals surface area (Å²) in [5.41, 5.74) is 4.82. The van der Waals surface area contributed by atoms with Crippen molar-refractivity contribution in [3.8, 4) is 11.5 Å². The minimum Gasteiger partial charge on any atom is -0.454 e. The van der Waals surface area contributed by atoms with Crippen molar-refractivity contribution in [2.24, 2.45) is 0 Å². The quantitative estimate of drug-likeness (QED) is 0.577. The Morgan fingerprint density at radius 2 is 1.69 bits per heavy atom. The Bertz CT molecular complexity index is 1440. The van der Waals surface area contributed by atoms with Gasteiger partial charge in [-0.1, -0.05) is 30.3 Å². The van der Waals surface area contributed by atoms with Gasteiger partial charge in [-0.15, -0.1) is 0 Å². The third kappa shape index (κ3) is 3.86. The molecule has 3 aliphatic rings. The van der Waals surface area contributed by atoms with E-state index in [1.165, 1.54) is 21.5 Å². The number of fused-ring (bicyclic) bond motifs is 3. The van der Waals surface area contributed by atoms with E-state index in [1.54, 1.807) is 6.07 Å². The van der Waals surface area contributed by atoms with Crippen molar-refractivity contribution in [2.75, 3.05) is 29.9 Å². The van der Waals surface area contributed by atoms with Gasteiger partial charge in [0.25, 0.3) is 5.91 Å². The summed E-state index contributed by atoms with van der Waals surface area (Å²) in [5.74, 6) is 0.518. The molecule has 1 N–H and O–H groups in total. The molecule has 0 aliphatic carbocycles. The first-order valence-electron chi connectivity index (χ1n) is 12.0. The number of ether oxygens (including phenoxy) is 1. The molecule has 0 atom stereocenters. The lowest BCUT2D eigenvalue weighted by Crippen LogP contribution is -2.34. The number of rotatable bonds is 3. The lowest BCUT2D eigenvalue weighted by Gasteiger charge is -2.33. The van der Waals surface area contributed by atoms with E-state index < -0.39 is 10.0 Å². The number of sulfonamides is 1. The fraction of sp³-hybridized carbons (Fsp3) is 0.296. The fourth-order valence-electron chi connectivity index (χ4n) is 5.17. The Morgan fingerprint density at radius 1 is 0.914 bits per heavy atom.